The minimum atomic E-state index is -0.395. The van der Waals surface area contributed by atoms with Gasteiger partial charge in [0.2, 0.25) is 0 Å². The number of hydrogen-bond acceptors (Lipinski definition) is 5. The molecule has 3 rings (SSSR count). The molecule has 0 radical (unpaired) electrons. The minimum Gasteiger partial charge on any atom is -0.497 e. The second-order valence-electron chi connectivity index (χ2n) is 5.26. The zero-order chi connectivity index (χ0) is 17.6. The van der Waals surface area contributed by atoms with Crippen LogP contribution >= 0.6 is 0 Å². The molecule has 7 nitrogen and oxygen atoms in total. The van der Waals surface area contributed by atoms with Crippen molar-refractivity contribution in [3.8, 4) is 5.75 Å². The number of methoxy groups -OCH3 is 1. The summed E-state index contributed by atoms with van der Waals surface area (Å²) in [5.41, 5.74) is 1.52. The number of benzene rings is 1. The molecule has 2 heterocycles. The van der Waals surface area contributed by atoms with Gasteiger partial charge >= 0.3 is 0 Å². The number of nitrogens with one attached hydrogen (secondary N) is 2. The lowest BCUT2D eigenvalue weighted by Gasteiger charge is -2.19. The summed E-state index contributed by atoms with van der Waals surface area (Å²) in [4.78, 5) is 33.9. The first kappa shape index (κ1) is 16.4. The Morgan fingerprint density at radius 2 is 1.80 bits per heavy atom. The Kier molecular flexibility index (Phi) is 4.84. The van der Waals surface area contributed by atoms with Crippen LogP contribution in [0, 0.1) is 0 Å². The largest absolute Gasteiger partial charge is 0.497 e. The molecule has 0 saturated heterocycles. The number of nitrogens with zero attached hydrogens (tertiary/aromatic N) is 2. The van der Waals surface area contributed by atoms with Crippen molar-refractivity contribution < 1.29 is 9.53 Å². The predicted octanol–water partition coefficient (Wildman–Crippen LogP) is 1.69. The van der Waals surface area contributed by atoms with Crippen molar-refractivity contribution in [3.63, 3.8) is 0 Å². The van der Waals surface area contributed by atoms with E-state index in [0.29, 0.717) is 0 Å². The van der Waals surface area contributed by atoms with E-state index in [1.807, 2.05) is 36.4 Å². The monoisotopic (exact) mass is 336 g/mol. The Morgan fingerprint density at radius 3 is 2.40 bits per heavy atom. The summed E-state index contributed by atoms with van der Waals surface area (Å²) < 4.78 is 5.18. The van der Waals surface area contributed by atoms with Crippen molar-refractivity contribution in [2.24, 2.45) is 0 Å². The number of ether oxygens (including phenoxy) is 1. The van der Waals surface area contributed by atoms with Crippen LogP contribution in [0.3, 0.4) is 0 Å². The van der Waals surface area contributed by atoms with E-state index in [2.05, 4.69) is 20.3 Å². The van der Waals surface area contributed by atoms with E-state index in [-0.39, 0.29) is 11.3 Å². The fraction of sp³-hybridized carbons (Fsp3) is 0.111. The fourth-order valence-electron chi connectivity index (χ4n) is 2.38. The lowest BCUT2D eigenvalue weighted by atomic mass is 9.99. The molecule has 0 aliphatic carbocycles. The normalized spacial score (nSPS) is 11.6. The molecule has 25 heavy (non-hydrogen) atoms. The van der Waals surface area contributed by atoms with Crippen LogP contribution in [0.25, 0.3) is 0 Å². The van der Waals surface area contributed by atoms with Gasteiger partial charge in [0.1, 0.15) is 11.4 Å². The number of rotatable bonds is 5. The molecule has 0 spiro atoms. The number of carbonyl (C=O) groups excluding carboxylic acids is 1. The highest BCUT2D eigenvalue weighted by Crippen LogP contribution is 2.24. The van der Waals surface area contributed by atoms with Gasteiger partial charge in [0.25, 0.3) is 11.5 Å². The van der Waals surface area contributed by atoms with Crippen molar-refractivity contribution in [3.05, 3.63) is 88.4 Å². The average Bonchev–Trinajstić information content (AvgIpc) is 2.67. The van der Waals surface area contributed by atoms with Gasteiger partial charge in [-0.2, -0.15) is 0 Å². The number of aromatic amines is 1. The van der Waals surface area contributed by atoms with Crippen LogP contribution in [0.5, 0.6) is 5.75 Å². The number of hydrogen-bond donors (Lipinski definition) is 2. The Morgan fingerprint density at radius 1 is 1.12 bits per heavy atom. The quantitative estimate of drug-likeness (QED) is 0.739. The number of carbonyl (C=O) groups is 1. The van der Waals surface area contributed by atoms with Crippen LogP contribution in [0.15, 0.2) is 66.0 Å². The molecule has 2 N–H and O–H groups in total. The van der Waals surface area contributed by atoms with Gasteiger partial charge in [-0.25, -0.2) is 4.98 Å². The standard InChI is InChI=1S/C18H16N4O3/c1-25-14-4-2-12(3-5-14)17(13-6-8-19-9-7-13)22-18(24)15-10-21-16(23)11-20-15/h2-11,17H,1H3,(H,21,23)(H,22,24). The van der Waals surface area contributed by atoms with E-state index in [1.54, 1.807) is 19.5 Å². The molecule has 1 aromatic carbocycles. The lowest BCUT2D eigenvalue weighted by molar-refractivity contribution is 0.0937. The van der Waals surface area contributed by atoms with Gasteiger partial charge in [0.15, 0.2) is 0 Å². The first-order valence-electron chi connectivity index (χ1n) is 7.57. The molecular weight excluding hydrogens is 320 g/mol. The van der Waals surface area contributed by atoms with Gasteiger partial charge in [-0.05, 0) is 35.4 Å². The third-order valence-corrected chi connectivity index (χ3v) is 3.67. The highest BCUT2D eigenvalue weighted by Gasteiger charge is 2.18. The van der Waals surface area contributed by atoms with Crippen molar-refractivity contribution in [2.75, 3.05) is 7.11 Å². The molecule has 1 unspecified atom stereocenters. The number of amides is 1. The zero-order valence-corrected chi connectivity index (χ0v) is 13.5. The molecule has 126 valence electrons. The number of H-pyrrole nitrogens is 1. The predicted molar refractivity (Wildman–Crippen MR) is 91.4 cm³/mol. The fourth-order valence-corrected chi connectivity index (χ4v) is 2.38. The van der Waals surface area contributed by atoms with Crippen LogP contribution in [0.1, 0.15) is 27.7 Å². The molecule has 3 aromatic rings. The zero-order valence-electron chi connectivity index (χ0n) is 13.5. The number of pyridine rings is 1. The first-order valence-corrected chi connectivity index (χ1v) is 7.57. The molecule has 7 heteroatoms. The van der Waals surface area contributed by atoms with Crippen LogP contribution in [0.4, 0.5) is 0 Å². The smallest absolute Gasteiger partial charge is 0.272 e. The Balaban J connectivity index is 1.92. The Hall–Kier alpha value is -3.48. The summed E-state index contributed by atoms with van der Waals surface area (Å²) in [6.45, 7) is 0. The molecule has 0 bridgehead atoms. The van der Waals surface area contributed by atoms with Gasteiger partial charge in [-0.1, -0.05) is 12.1 Å². The molecule has 0 fully saturated rings. The van der Waals surface area contributed by atoms with E-state index in [0.717, 1.165) is 23.1 Å². The van der Waals surface area contributed by atoms with Crippen LogP contribution in [-0.2, 0) is 0 Å². The average molecular weight is 336 g/mol. The van der Waals surface area contributed by atoms with Gasteiger partial charge in [-0.15, -0.1) is 0 Å². The summed E-state index contributed by atoms with van der Waals surface area (Å²) in [5, 5.41) is 2.93. The summed E-state index contributed by atoms with van der Waals surface area (Å²) in [7, 11) is 1.60. The maximum atomic E-state index is 12.5. The highest BCUT2D eigenvalue weighted by molar-refractivity contribution is 5.92. The maximum absolute atomic E-state index is 12.5. The Bertz CT molecular complexity index is 887. The second-order valence-corrected chi connectivity index (χ2v) is 5.26. The summed E-state index contributed by atoms with van der Waals surface area (Å²) in [5.74, 6) is 0.333. The van der Waals surface area contributed by atoms with E-state index in [4.69, 9.17) is 4.74 Å². The second kappa shape index (κ2) is 7.39. The Labute approximate surface area is 143 Å². The summed E-state index contributed by atoms with van der Waals surface area (Å²) >= 11 is 0. The van der Waals surface area contributed by atoms with Crippen molar-refractivity contribution in [2.45, 2.75) is 6.04 Å². The molecule has 1 amide bonds. The number of aromatic nitrogens is 3. The van der Waals surface area contributed by atoms with E-state index in [9.17, 15) is 9.59 Å². The van der Waals surface area contributed by atoms with Gasteiger partial charge in [0.05, 0.1) is 19.3 Å². The van der Waals surface area contributed by atoms with Gasteiger partial charge < -0.3 is 15.0 Å². The molecule has 0 saturated carbocycles. The van der Waals surface area contributed by atoms with Crippen LogP contribution in [-0.4, -0.2) is 28.0 Å². The third-order valence-electron chi connectivity index (χ3n) is 3.67. The van der Waals surface area contributed by atoms with E-state index >= 15 is 0 Å². The molecule has 0 aliphatic heterocycles. The SMILES string of the molecule is COc1ccc(C(NC(=O)c2c[nH]c(=O)cn2)c2ccncc2)cc1. The highest BCUT2D eigenvalue weighted by atomic mass is 16.5. The topological polar surface area (TPSA) is 97.0 Å². The van der Waals surface area contributed by atoms with Crippen molar-refractivity contribution in [1.29, 1.82) is 0 Å². The van der Waals surface area contributed by atoms with E-state index in [1.165, 1.54) is 6.20 Å². The lowest BCUT2D eigenvalue weighted by Crippen LogP contribution is -2.30. The molecule has 0 aliphatic rings. The van der Waals surface area contributed by atoms with Gasteiger partial charge in [-0.3, -0.25) is 14.6 Å². The third kappa shape index (κ3) is 3.89. The van der Waals surface area contributed by atoms with Crippen LogP contribution in [0.2, 0.25) is 0 Å². The molecule has 1 atom stereocenters. The molecule has 2 aromatic heterocycles. The minimum absolute atomic E-state index is 0.132. The van der Waals surface area contributed by atoms with Gasteiger partial charge in [0, 0.05) is 18.6 Å². The van der Waals surface area contributed by atoms with E-state index < -0.39 is 11.9 Å². The summed E-state index contributed by atoms with van der Waals surface area (Å²) in [6, 6.07) is 10.7. The summed E-state index contributed by atoms with van der Waals surface area (Å²) in [6.07, 6.45) is 5.69. The maximum Gasteiger partial charge on any atom is 0.272 e. The molecular formula is C18H16N4O3. The van der Waals surface area contributed by atoms with Crippen molar-refractivity contribution >= 4 is 5.91 Å². The van der Waals surface area contributed by atoms with Crippen molar-refractivity contribution in [1.82, 2.24) is 20.3 Å². The first-order chi connectivity index (χ1) is 12.2. The van der Waals surface area contributed by atoms with Crippen LogP contribution < -0.4 is 15.6 Å².